The number of hydrogen-bond acceptors (Lipinski definition) is 2. The van der Waals surface area contributed by atoms with Crippen LogP contribution in [0.5, 0.6) is 0 Å². The van der Waals surface area contributed by atoms with Crippen molar-refractivity contribution in [1.82, 2.24) is 4.98 Å². The summed E-state index contributed by atoms with van der Waals surface area (Å²) < 4.78 is 13.8. The van der Waals surface area contributed by atoms with E-state index in [-0.39, 0.29) is 5.56 Å². The third-order valence-electron chi connectivity index (χ3n) is 2.22. The Labute approximate surface area is 102 Å². The summed E-state index contributed by atoms with van der Waals surface area (Å²) in [5.41, 5.74) is 0.941. The number of rotatable bonds is 2. The Bertz CT molecular complexity index is 636. The molecule has 0 bridgehead atoms. The Balaban J connectivity index is 2.59. The first-order valence-electron chi connectivity index (χ1n) is 4.80. The SMILES string of the molecule is O=C(O)c1cc(F)cc(-c2cccc(=S)[nH]2)c1. The van der Waals surface area contributed by atoms with Gasteiger partial charge in [0.05, 0.1) is 5.56 Å². The molecule has 0 fully saturated rings. The topological polar surface area (TPSA) is 53.1 Å². The second-order valence-electron chi connectivity index (χ2n) is 3.46. The van der Waals surface area contributed by atoms with Crippen molar-refractivity contribution in [1.29, 1.82) is 0 Å². The summed E-state index contributed by atoms with van der Waals surface area (Å²) in [6.45, 7) is 0. The van der Waals surface area contributed by atoms with Crippen molar-refractivity contribution < 1.29 is 14.3 Å². The predicted octanol–water partition coefficient (Wildman–Crippen LogP) is 3.25. The molecule has 0 saturated carbocycles. The van der Waals surface area contributed by atoms with Crippen LogP contribution >= 0.6 is 12.2 Å². The second kappa shape index (κ2) is 4.47. The maximum atomic E-state index is 13.3. The number of pyridine rings is 1. The van der Waals surface area contributed by atoms with Crippen molar-refractivity contribution in [2.24, 2.45) is 0 Å². The van der Waals surface area contributed by atoms with E-state index >= 15 is 0 Å². The highest BCUT2D eigenvalue weighted by molar-refractivity contribution is 7.71. The van der Waals surface area contributed by atoms with E-state index in [1.165, 1.54) is 12.1 Å². The fourth-order valence-electron chi connectivity index (χ4n) is 1.48. The summed E-state index contributed by atoms with van der Waals surface area (Å²) in [5.74, 6) is -1.76. The number of aromatic carboxylic acids is 1. The maximum Gasteiger partial charge on any atom is 0.335 e. The van der Waals surface area contributed by atoms with E-state index in [1.807, 2.05) is 0 Å². The van der Waals surface area contributed by atoms with E-state index in [0.29, 0.717) is 15.9 Å². The quantitative estimate of drug-likeness (QED) is 0.803. The number of aromatic amines is 1. The summed E-state index contributed by atoms with van der Waals surface area (Å²) >= 11 is 4.95. The summed E-state index contributed by atoms with van der Waals surface area (Å²) in [7, 11) is 0. The maximum absolute atomic E-state index is 13.3. The fraction of sp³-hybridized carbons (Fsp3) is 0. The van der Waals surface area contributed by atoms with Gasteiger partial charge in [-0.2, -0.15) is 0 Å². The molecule has 3 nitrogen and oxygen atoms in total. The van der Waals surface area contributed by atoms with Crippen LogP contribution in [0.2, 0.25) is 0 Å². The zero-order valence-corrected chi connectivity index (χ0v) is 9.42. The van der Waals surface area contributed by atoms with Gasteiger partial charge < -0.3 is 10.1 Å². The molecule has 0 aliphatic rings. The van der Waals surface area contributed by atoms with Crippen LogP contribution in [-0.2, 0) is 0 Å². The lowest BCUT2D eigenvalue weighted by Crippen LogP contribution is -1.98. The van der Waals surface area contributed by atoms with E-state index < -0.39 is 11.8 Å². The number of carbonyl (C=O) groups is 1. The highest BCUT2D eigenvalue weighted by Crippen LogP contribution is 2.20. The van der Waals surface area contributed by atoms with Crippen molar-refractivity contribution in [3.8, 4) is 11.3 Å². The van der Waals surface area contributed by atoms with Crippen molar-refractivity contribution in [2.45, 2.75) is 0 Å². The Morgan fingerprint density at radius 1 is 1.29 bits per heavy atom. The smallest absolute Gasteiger partial charge is 0.335 e. The Hall–Kier alpha value is -2.01. The Morgan fingerprint density at radius 2 is 2.06 bits per heavy atom. The van der Waals surface area contributed by atoms with E-state index in [9.17, 15) is 9.18 Å². The van der Waals surface area contributed by atoms with Gasteiger partial charge >= 0.3 is 5.97 Å². The molecule has 2 N–H and O–H groups in total. The molecule has 0 unspecified atom stereocenters. The number of H-pyrrole nitrogens is 1. The largest absolute Gasteiger partial charge is 0.478 e. The Morgan fingerprint density at radius 3 is 2.71 bits per heavy atom. The van der Waals surface area contributed by atoms with Crippen molar-refractivity contribution in [3.05, 3.63) is 52.4 Å². The molecule has 1 heterocycles. The standard InChI is InChI=1S/C12H8FNO2S/c13-9-5-7(4-8(6-9)12(15)16)10-2-1-3-11(17)14-10/h1-6H,(H,14,17)(H,15,16). The summed E-state index contributed by atoms with van der Waals surface area (Å²) in [6, 6.07) is 8.74. The minimum absolute atomic E-state index is 0.0943. The normalized spacial score (nSPS) is 10.2. The van der Waals surface area contributed by atoms with Gasteiger partial charge in [-0.25, -0.2) is 9.18 Å². The first kappa shape index (κ1) is 11.5. The lowest BCUT2D eigenvalue weighted by molar-refractivity contribution is 0.0696. The van der Waals surface area contributed by atoms with Gasteiger partial charge in [-0.05, 0) is 30.3 Å². The monoisotopic (exact) mass is 249 g/mol. The van der Waals surface area contributed by atoms with Gasteiger partial charge in [0.2, 0.25) is 0 Å². The molecular weight excluding hydrogens is 241 g/mol. The lowest BCUT2D eigenvalue weighted by Gasteiger charge is -2.04. The van der Waals surface area contributed by atoms with E-state index in [0.717, 1.165) is 6.07 Å². The number of hydrogen-bond donors (Lipinski definition) is 2. The van der Waals surface area contributed by atoms with Gasteiger partial charge in [0.1, 0.15) is 10.5 Å². The number of nitrogens with one attached hydrogen (secondary N) is 1. The molecule has 0 radical (unpaired) electrons. The van der Waals surface area contributed by atoms with Crippen LogP contribution in [0.1, 0.15) is 10.4 Å². The third-order valence-corrected chi connectivity index (χ3v) is 2.46. The zero-order valence-electron chi connectivity index (χ0n) is 8.61. The van der Waals surface area contributed by atoms with Crippen molar-refractivity contribution >= 4 is 18.2 Å². The number of halogens is 1. The average Bonchev–Trinajstić information content (AvgIpc) is 2.28. The molecule has 2 rings (SSSR count). The Kier molecular flexibility index (Phi) is 3.01. The number of carboxylic acid groups (broad SMARTS) is 1. The van der Waals surface area contributed by atoms with Crippen molar-refractivity contribution in [2.75, 3.05) is 0 Å². The molecule has 5 heteroatoms. The molecule has 86 valence electrons. The highest BCUT2D eigenvalue weighted by Gasteiger charge is 2.08. The molecule has 0 spiro atoms. The van der Waals surface area contributed by atoms with Gasteiger partial charge in [0, 0.05) is 11.3 Å². The summed E-state index contributed by atoms with van der Waals surface area (Å²) in [6.07, 6.45) is 0. The van der Waals surface area contributed by atoms with Gasteiger partial charge in [0.25, 0.3) is 0 Å². The molecule has 0 amide bonds. The number of aromatic nitrogens is 1. The molecule has 17 heavy (non-hydrogen) atoms. The third kappa shape index (κ3) is 2.57. The van der Waals surface area contributed by atoms with Crippen LogP contribution in [-0.4, -0.2) is 16.1 Å². The number of carboxylic acids is 1. The highest BCUT2D eigenvalue weighted by atomic mass is 32.1. The van der Waals surface area contributed by atoms with Gasteiger partial charge in [0.15, 0.2) is 0 Å². The molecule has 0 aliphatic heterocycles. The van der Waals surface area contributed by atoms with Crippen LogP contribution in [0.3, 0.4) is 0 Å². The second-order valence-corrected chi connectivity index (χ2v) is 3.90. The fourth-order valence-corrected chi connectivity index (χ4v) is 1.67. The lowest BCUT2D eigenvalue weighted by atomic mass is 10.1. The van der Waals surface area contributed by atoms with Crippen LogP contribution in [0.4, 0.5) is 4.39 Å². The zero-order chi connectivity index (χ0) is 12.4. The van der Waals surface area contributed by atoms with Crippen LogP contribution in [0.15, 0.2) is 36.4 Å². The van der Waals surface area contributed by atoms with Gasteiger partial charge in [-0.3, -0.25) is 0 Å². The van der Waals surface area contributed by atoms with Crippen LogP contribution < -0.4 is 0 Å². The van der Waals surface area contributed by atoms with E-state index in [2.05, 4.69) is 4.98 Å². The molecule has 0 saturated heterocycles. The van der Waals surface area contributed by atoms with Crippen molar-refractivity contribution in [3.63, 3.8) is 0 Å². The molecular formula is C12H8FNO2S. The van der Waals surface area contributed by atoms with Crippen LogP contribution in [0.25, 0.3) is 11.3 Å². The minimum Gasteiger partial charge on any atom is -0.478 e. The summed E-state index contributed by atoms with van der Waals surface area (Å²) in [4.78, 5) is 13.7. The number of benzene rings is 1. The summed E-state index contributed by atoms with van der Waals surface area (Å²) in [5, 5.41) is 8.84. The molecule has 2 aromatic rings. The first-order chi connectivity index (χ1) is 8.06. The minimum atomic E-state index is -1.17. The first-order valence-corrected chi connectivity index (χ1v) is 5.21. The molecule has 1 aromatic carbocycles. The molecule has 0 atom stereocenters. The average molecular weight is 249 g/mol. The molecule has 1 aromatic heterocycles. The predicted molar refractivity (Wildman–Crippen MR) is 64.0 cm³/mol. The van der Waals surface area contributed by atoms with Gasteiger partial charge in [-0.1, -0.05) is 18.3 Å². The van der Waals surface area contributed by atoms with E-state index in [1.54, 1.807) is 18.2 Å². The molecule has 0 aliphatic carbocycles. The van der Waals surface area contributed by atoms with E-state index in [4.69, 9.17) is 17.3 Å². The van der Waals surface area contributed by atoms with Gasteiger partial charge in [-0.15, -0.1) is 0 Å². The van der Waals surface area contributed by atoms with Crippen LogP contribution in [0, 0.1) is 10.5 Å².